The molecular weight excluding hydrogens is 227 g/mol. The number of aromatic nitrogens is 1. The van der Waals surface area contributed by atoms with E-state index in [2.05, 4.69) is 35.1 Å². The van der Waals surface area contributed by atoms with Gasteiger partial charge in [-0.2, -0.15) is 0 Å². The maximum Gasteiger partial charge on any atom is 0.123 e. The van der Waals surface area contributed by atoms with Crippen molar-refractivity contribution in [2.75, 3.05) is 0 Å². The van der Waals surface area contributed by atoms with E-state index in [1.54, 1.807) is 0 Å². The first kappa shape index (κ1) is 12.8. The molecular formula is C15H19FN2. The summed E-state index contributed by atoms with van der Waals surface area (Å²) in [7, 11) is 0. The molecule has 0 atom stereocenters. The van der Waals surface area contributed by atoms with E-state index < -0.39 is 0 Å². The van der Waals surface area contributed by atoms with Crippen LogP contribution < -0.4 is 5.32 Å². The van der Waals surface area contributed by atoms with Crippen LogP contribution in [0.3, 0.4) is 0 Å². The van der Waals surface area contributed by atoms with Crippen LogP contribution in [0.5, 0.6) is 0 Å². The second-order valence-electron chi connectivity index (χ2n) is 4.42. The molecule has 0 fully saturated rings. The fourth-order valence-corrected chi connectivity index (χ4v) is 2.01. The first-order valence-corrected chi connectivity index (χ1v) is 6.39. The molecule has 0 amide bonds. The van der Waals surface area contributed by atoms with Crippen molar-refractivity contribution >= 4 is 0 Å². The van der Waals surface area contributed by atoms with Crippen LogP contribution in [0.1, 0.15) is 24.6 Å². The molecule has 0 spiro atoms. The summed E-state index contributed by atoms with van der Waals surface area (Å²) in [5.41, 5.74) is 2.39. The highest BCUT2D eigenvalue weighted by Gasteiger charge is 1.99. The molecule has 3 heteroatoms. The number of hydrogen-bond acceptors (Lipinski definition) is 1. The summed E-state index contributed by atoms with van der Waals surface area (Å²) in [6, 6.07) is 10.8. The second-order valence-corrected chi connectivity index (χ2v) is 4.42. The summed E-state index contributed by atoms with van der Waals surface area (Å²) in [5, 5.41) is 3.38. The Bertz CT molecular complexity index is 473. The first-order chi connectivity index (χ1) is 8.79. The van der Waals surface area contributed by atoms with Crippen molar-refractivity contribution in [2.45, 2.75) is 33.0 Å². The summed E-state index contributed by atoms with van der Waals surface area (Å²) in [6.07, 6.45) is 3.25. The third-order valence-corrected chi connectivity index (χ3v) is 2.94. The van der Waals surface area contributed by atoms with Gasteiger partial charge in [0.25, 0.3) is 0 Å². The molecule has 1 aromatic carbocycles. The van der Waals surface area contributed by atoms with Gasteiger partial charge in [-0.15, -0.1) is 0 Å². The highest BCUT2D eigenvalue weighted by atomic mass is 19.1. The van der Waals surface area contributed by atoms with Crippen molar-refractivity contribution < 1.29 is 4.39 Å². The third-order valence-electron chi connectivity index (χ3n) is 2.94. The van der Waals surface area contributed by atoms with Gasteiger partial charge in [-0.1, -0.05) is 19.1 Å². The molecule has 0 saturated heterocycles. The Hall–Kier alpha value is -1.61. The summed E-state index contributed by atoms with van der Waals surface area (Å²) in [4.78, 5) is 0. The Kier molecular flexibility index (Phi) is 4.53. The molecule has 1 heterocycles. The Morgan fingerprint density at radius 3 is 2.61 bits per heavy atom. The van der Waals surface area contributed by atoms with E-state index in [9.17, 15) is 4.39 Å². The topological polar surface area (TPSA) is 17.0 Å². The molecule has 18 heavy (non-hydrogen) atoms. The van der Waals surface area contributed by atoms with Crippen molar-refractivity contribution in [3.05, 3.63) is 59.7 Å². The summed E-state index contributed by atoms with van der Waals surface area (Å²) in [6.45, 7) is 4.83. The number of benzene rings is 1. The molecule has 0 aliphatic carbocycles. The van der Waals surface area contributed by atoms with E-state index in [0.29, 0.717) is 0 Å². The van der Waals surface area contributed by atoms with E-state index in [0.717, 1.165) is 31.6 Å². The largest absolute Gasteiger partial charge is 0.350 e. The molecule has 96 valence electrons. The van der Waals surface area contributed by atoms with Crippen LogP contribution in [-0.4, -0.2) is 4.57 Å². The Labute approximate surface area is 107 Å². The molecule has 1 aromatic heterocycles. The van der Waals surface area contributed by atoms with Gasteiger partial charge in [0.1, 0.15) is 5.82 Å². The van der Waals surface area contributed by atoms with Crippen molar-refractivity contribution in [1.29, 1.82) is 0 Å². The van der Waals surface area contributed by atoms with Crippen molar-refractivity contribution in [2.24, 2.45) is 0 Å². The number of hydrogen-bond donors (Lipinski definition) is 1. The highest BCUT2D eigenvalue weighted by Crippen LogP contribution is 2.05. The number of halogens is 1. The van der Waals surface area contributed by atoms with Gasteiger partial charge >= 0.3 is 0 Å². The van der Waals surface area contributed by atoms with E-state index in [4.69, 9.17) is 0 Å². The minimum Gasteiger partial charge on any atom is -0.350 e. The van der Waals surface area contributed by atoms with E-state index in [1.807, 2.05) is 12.1 Å². The van der Waals surface area contributed by atoms with E-state index in [1.165, 1.54) is 17.8 Å². The van der Waals surface area contributed by atoms with Gasteiger partial charge in [0, 0.05) is 31.5 Å². The zero-order valence-electron chi connectivity index (χ0n) is 10.7. The molecule has 2 rings (SSSR count). The lowest BCUT2D eigenvalue weighted by atomic mass is 10.2. The molecule has 2 aromatic rings. The molecule has 0 bridgehead atoms. The smallest absolute Gasteiger partial charge is 0.123 e. The number of rotatable bonds is 6. The predicted molar refractivity (Wildman–Crippen MR) is 71.7 cm³/mol. The van der Waals surface area contributed by atoms with Gasteiger partial charge in [0.05, 0.1) is 0 Å². The van der Waals surface area contributed by atoms with Gasteiger partial charge in [-0.3, -0.25) is 0 Å². The van der Waals surface area contributed by atoms with Crippen molar-refractivity contribution in [3.63, 3.8) is 0 Å². The molecule has 2 nitrogen and oxygen atoms in total. The normalized spacial score (nSPS) is 10.8. The Morgan fingerprint density at radius 2 is 1.89 bits per heavy atom. The lowest BCUT2D eigenvalue weighted by Gasteiger charge is -2.09. The molecule has 0 radical (unpaired) electrons. The standard InChI is InChI=1S/C15H19FN2/c1-2-9-18-10-3-4-15(18)12-17-11-13-5-7-14(16)8-6-13/h3-8,10,17H,2,9,11-12H2,1H3. The monoisotopic (exact) mass is 246 g/mol. The van der Waals surface area contributed by atoms with E-state index >= 15 is 0 Å². The second kappa shape index (κ2) is 6.36. The number of nitrogens with one attached hydrogen (secondary N) is 1. The molecule has 0 aliphatic heterocycles. The molecule has 1 N–H and O–H groups in total. The summed E-state index contributed by atoms with van der Waals surface area (Å²) in [5.74, 6) is -0.185. The maximum atomic E-state index is 12.7. The minimum absolute atomic E-state index is 0.185. The van der Waals surface area contributed by atoms with E-state index in [-0.39, 0.29) is 5.82 Å². The molecule has 0 saturated carbocycles. The lowest BCUT2D eigenvalue weighted by Crippen LogP contribution is -2.15. The zero-order valence-corrected chi connectivity index (χ0v) is 10.7. The van der Waals surface area contributed by atoms with Gasteiger partial charge in [-0.25, -0.2) is 4.39 Å². The molecule has 0 unspecified atom stereocenters. The third kappa shape index (κ3) is 3.44. The fraction of sp³-hybridized carbons (Fsp3) is 0.333. The number of aryl methyl sites for hydroxylation is 1. The van der Waals surface area contributed by atoms with Crippen LogP contribution in [0.25, 0.3) is 0 Å². The average molecular weight is 246 g/mol. The highest BCUT2D eigenvalue weighted by molar-refractivity contribution is 5.16. The lowest BCUT2D eigenvalue weighted by molar-refractivity contribution is 0.600. The van der Waals surface area contributed by atoms with Crippen LogP contribution in [0, 0.1) is 5.82 Å². The molecule has 0 aliphatic rings. The van der Waals surface area contributed by atoms with Crippen LogP contribution in [0.15, 0.2) is 42.6 Å². The Morgan fingerprint density at radius 1 is 1.11 bits per heavy atom. The van der Waals surface area contributed by atoms with Gasteiger partial charge < -0.3 is 9.88 Å². The van der Waals surface area contributed by atoms with Crippen LogP contribution in [0.4, 0.5) is 4.39 Å². The van der Waals surface area contributed by atoms with Crippen molar-refractivity contribution in [1.82, 2.24) is 9.88 Å². The van der Waals surface area contributed by atoms with Gasteiger partial charge in [-0.05, 0) is 36.2 Å². The minimum atomic E-state index is -0.185. The predicted octanol–water partition coefficient (Wildman–Crippen LogP) is 3.33. The summed E-state index contributed by atoms with van der Waals surface area (Å²) < 4.78 is 15.0. The zero-order chi connectivity index (χ0) is 12.8. The average Bonchev–Trinajstić information content (AvgIpc) is 2.80. The summed E-state index contributed by atoms with van der Waals surface area (Å²) >= 11 is 0. The Balaban J connectivity index is 1.84. The van der Waals surface area contributed by atoms with Crippen LogP contribution in [0.2, 0.25) is 0 Å². The fourth-order valence-electron chi connectivity index (χ4n) is 2.01. The number of nitrogens with zero attached hydrogens (tertiary/aromatic N) is 1. The maximum absolute atomic E-state index is 12.7. The van der Waals surface area contributed by atoms with Crippen LogP contribution >= 0.6 is 0 Å². The van der Waals surface area contributed by atoms with Crippen molar-refractivity contribution in [3.8, 4) is 0 Å². The van der Waals surface area contributed by atoms with Gasteiger partial charge in [0.15, 0.2) is 0 Å². The SMILES string of the molecule is CCCn1cccc1CNCc1ccc(F)cc1. The van der Waals surface area contributed by atoms with Crippen LogP contribution in [-0.2, 0) is 19.6 Å². The van der Waals surface area contributed by atoms with Gasteiger partial charge in [0.2, 0.25) is 0 Å². The quantitative estimate of drug-likeness (QED) is 0.827. The first-order valence-electron chi connectivity index (χ1n) is 6.39.